The molecule has 1 unspecified atom stereocenters. The van der Waals surface area contributed by atoms with Gasteiger partial charge in [-0.15, -0.1) is 0 Å². The first-order valence-corrected chi connectivity index (χ1v) is 30.7. The van der Waals surface area contributed by atoms with Crippen molar-refractivity contribution in [1.29, 1.82) is 0 Å². The highest BCUT2D eigenvalue weighted by Gasteiger charge is 2.19. The van der Waals surface area contributed by atoms with E-state index in [2.05, 4.69) is 142 Å². The molecule has 0 bridgehead atoms. The van der Waals surface area contributed by atoms with Crippen molar-refractivity contribution in [2.45, 2.75) is 271 Å². The highest BCUT2D eigenvalue weighted by molar-refractivity contribution is 5.71. The molecule has 0 radical (unpaired) electrons. The van der Waals surface area contributed by atoms with Crippen molar-refractivity contribution in [2.24, 2.45) is 0 Å². The van der Waals surface area contributed by atoms with Gasteiger partial charge in [0.1, 0.15) is 13.2 Å². The van der Waals surface area contributed by atoms with Gasteiger partial charge in [0.15, 0.2) is 6.10 Å². The first kappa shape index (κ1) is 70.5. The summed E-state index contributed by atoms with van der Waals surface area (Å²) in [6, 6.07) is 0. The molecule has 75 heavy (non-hydrogen) atoms. The molecule has 0 spiro atoms. The maximum Gasteiger partial charge on any atom is 0.306 e. The average Bonchev–Trinajstić information content (AvgIpc) is 3.41. The van der Waals surface area contributed by atoms with Gasteiger partial charge in [-0.2, -0.15) is 0 Å². The summed E-state index contributed by atoms with van der Waals surface area (Å²) >= 11 is 0. The molecule has 0 amide bonds. The lowest BCUT2D eigenvalue weighted by Crippen LogP contribution is -2.30. The summed E-state index contributed by atoms with van der Waals surface area (Å²) < 4.78 is 16.7. The third-order valence-electron chi connectivity index (χ3n) is 12.7. The average molecular weight is 1040 g/mol. The number of hydrogen-bond acceptors (Lipinski definition) is 6. The molecule has 0 heterocycles. The smallest absolute Gasteiger partial charge is 0.306 e. The minimum Gasteiger partial charge on any atom is -0.462 e. The molecular formula is C69H112O6. The van der Waals surface area contributed by atoms with E-state index in [1.807, 2.05) is 12.2 Å². The highest BCUT2D eigenvalue weighted by Crippen LogP contribution is 2.15. The number of esters is 3. The van der Waals surface area contributed by atoms with Crippen LogP contribution >= 0.6 is 0 Å². The second kappa shape index (κ2) is 62.1. The van der Waals surface area contributed by atoms with Crippen molar-refractivity contribution in [3.05, 3.63) is 134 Å². The zero-order valence-corrected chi connectivity index (χ0v) is 48.5. The molecule has 0 aliphatic heterocycles. The van der Waals surface area contributed by atoms with Crippen molar-refractivity contribution in [3.63, 3.8) is 0 Å². The summed E-state index contributed by atoms with van der Waals surface area (Å²) in [7, 11) is 0. The monoisotopic (exact) mass is 1040 g/mol. The van der Waals surface area contributed by atoms with Crippen LogP contribution < -0.4 is 0 Å². The van der Waals surface area contributed by atoms with E-state index in [0.29, 0.717) is 19.3 Å². The summed E-state index contributed by atoms with van der Waals surface area (Å²) in [5, 5.41) is 0. The number of carbonyl (C=O) groups is 3. The van der Waals surface area contributed by atoms with Crippen LogP contribution in [0.25, 0.3) is 0 Å². The van der Waals surface area contributed by atoms with Gasteiger partial charge in [-0.25, -0.2) is 0 Å². The molecule has 424 valence electrons. The molecule has 1 atom stereocenters. The molecule has 0 saturated carbocycles. The zero-order chi connectivity index (χ0) is 54.3. The van der Waals surface area contributed by atoms with Crippen LogP contribution in [0.15, 0.2) is 134 Å². The van der Waals surface area contributed by atoms with Crippen molar-refractivity contribution in [2.75, 3.05) is 13.2 Å². The Morgan fingerprint density at radius 2 is 0.547 bits per heavy atom. The fourth-order valence-corrected chi connectivity index (χ4v) is 8.14. The summed E-state index contributed by atoms with van der Waals surface area (Å²) in [4.78, 5) is 38.0. The fourth-order valence-electron chi connectivity index (χ4n) is 8.14. The fraction of sp³-hybridized carbons (Fsp3) is 0.638. The van der Waals surface area contributed by atoms with Crippen LogP contribution in [-0.4, -0.2) is 37.2 Å². The standard InChI is InChI=1S/C69H112O6/c1-4-7-10-13-16-18-20-22-24-26-28-29-30-31-32-33-34-35-36-37-38-39-41-42-44-46-48-50-53-56-59-62-68(71)74-65-66(64-73-67(70)61-58-55-52-15-12-9-6-3)75-69(72)63-60-57-54-51-49-47-45-43-40-27-25-23-21-19-17-14-11-8-5-2/h7-8,10-11,16-19,22-25,28-29,31-32,40,43,47,49,54,57,66H,4-6,9,12-15,20-21,26-27,30,33-39,41-42,44-46,48,50-53,55-56,58-65H2,1-3H3/b10-7-,11-8-,18-16-,19-17-,24-22-,25-23-,29-28-,32-31-,43-40-,49-47-,57-54-. The lowest BCUT2D eigenvalue weighted by Gasteiger charge is -2.18. The van der Waals surface area contributed by atoms with Crippen molar-refractivity contribution in [1.82, 2.24) is 0 Å². The van der Waals surface area contributed by atoms with Crippen molar-refractivity contribution >= 4 is 17.9 Å². The van der Waals surface area contributed by atoms with Crippen LogP contribution in [0.5, 0.6) is 0 Å². The maximum absolute atomic E-state index is 12.8. The van der Waals surface area contributed by atoms with Crippen LogP contribution in [0.3, 0.4) is 0 Å². The minimum atomic E-state index is -0.819. The molecule has 6 nitrogen and oxygen atoms in total. The van der Waals surface area contributed by atoms with Gasteiger partial charge in [0, 0.05) is 19.3 Å². The summed E-state index contributed by atoms with van der Waals surface area (Å²) in [6.45, 7) is 6.30. The van der Waals surface area contributed by atoms with E-state index in [4.69, 9.17) is 14.2 Å². The third kappa shape index (κ3) is 60.3. The second-order valence-corrected chi connectivity index (χ2v) is 19.9. The highest BCUT2D eigenvalue weighted by atomic mass is 16.6. The van der Waals surface area contributed by atoms with Crippen LogP contribution in [0, 0.1) is 0 Å². The van der Waals surface area contributed by atoms with E-state index >= 15 is 0 Å². The summed E-state index contributed by atoms with van der Waals surface area (Å²) in [5.41, 5.74) is 0. The predicted molar refractivity (Wildman–Crippen MR) is 325 cm³/mol. The van der Waals surface area contributed by atoms with E-state index in [-0.39, 0.29) is 31.6 Å². The Hall–Kier alpha value is -4.45. The van der Waals surface area contributed by atoms with E-state index in [0.717, 1.165) is 109 Å². The van der Waals surface area contributed by atoms with Gasteiger partial charge in [0.25, 0.3) is 0 Å². The van der Waals surface area contributed by atoms with Crippen LogP contribution in [0.2, 0.25) is 0 Å². The van der Waals surface area contributed by atoms with E-state index < -0.39 is 12.1 Å². The van der Waals surface area contributed by atoms with Crippen LogP contribution in [0.1, 0.15) is 265 Å². The van der Waals surface area contributed by atoms with Crippen molar-refractivity contribution < 1.29 is 28.6 Å². The quantitative estimate of drug-likeness (QED) is 0.0261. The van der Waals surface area contributed by atoms with Gasteiger partial charge in [-0.1, -0.05) is 276 Å². The molecule has 0 aliphatic carbocycles. The Kier molecular flexibility index (Phi) is 58.4. The first-order valence-electron chi connectivity index (χ1n) is 30.7. The Morgan fingerprint density at radius 1 is 0.280 bits per heavy atom. The summed E-state index contributed by atoms with van der Waals surface area (Å²) in [5.74, 6) is -1.00. The number of unbranched alkanes of at least 4 members (excludes halogenated alkanes) is 21. The van der Waals surface area contributed by atoms with Gasteiger partial charge >= 0.3 is 17.9 Å². The molecular weight excluding hydrogens is 925 g/mol. The number of carbonyl (C=O) groups excluding carboxylic acids is 3. The van der Waals surface area contributed by atoms with Gasteiger partial charge in [0.2, 0.25) is 0 Å². The Labute approximate surface area is 462 Å². The first-order chi connectivity index (χ1) is 37.0. The number of allylic oxidation sites excluding steroid dienone is 22. The number of ether oxygens (including phenoxy) is 3. The molecule has 0 aromatic rings. The topological polar surface area (TPSA) is 78.9 Å². The molecule has 0 fully saturated rings. The van der Waals surface area contributed by atoms with Gasteiger partial charge in [-0.3, -0.25) is 14.4 Å². The Balaban J connectivity index is 4.18. The number of hydrogen-bond donors (Lipinski definition) is 0. The van der Waals surface area contributed by atoms with Gasteiger partial charge in [0.05, 0.1) is 0 Å². The molecule has 0 rings (SSSR count). The third-order valence-corrected chi connectivity index (χ3v) is 12.7. The largest absolute Gasteiger partial charge is 0.462 e. The van der Waals surface area contributed by atoms with Gasteiger partial charge < -0.3 is 14.2 Å². The van der Waals surface area contributed by atoms with Crippen molar-refractivity contribution in [3.8, 4) is 0 Å². The lowest BCUT2D eigenvalue weighted by atomic mass is 10.0. The zero-order valence-electron chi connectivity index (χ0n) is 48.5. The molecule has 0 aliphatic rings. The number of rotatable bonds is 54. The SMILES string of the molecule is CC/C=C\C/C=C\C/C=C\C/C=C\C/C=C\C/C=C\CCC(=O)OC(COC(=O)CCCCCCCCC)COC(=O)CCCCCCCCCCCCCCCCC/C=C\C/C=C\C/C=C\C/C=C\C/C=C\CC. The van der Waals surface area contributed by atoms with Gasteiger partial charge in [-0.05, 0) is 103 Å². The molecule has 0 N–H and O–H groups in total. The van der Waals surface area contributed by atoms with Crippen LogP contribution in [-0.2, 0) is 28.6 Å². The van der Waals surface area contributed by atoms with E-state index in [1.165, 1.54) is 109 Å². The molecule has 0 saturated heterocycles. The van der Waals surface area contributed by atoms with E-state index in [9.17, 15) is 14.4 Å². The molecule has 0 aromatic heterocycles. The lowest BCUT2D eigenvalue weighted by molar-refractivity contribution is -0.166. The normalized spacial score (nSPS) is 13.1. The Bertz CT molecular complexity index is 1620. The van der Waals surface area contributed by atoms with Crippen LogP contribution in [0.4, 0.5) is 0 Å². The second-order valence-electron chi connectivity index (χ2n) is 19.9. The maximum atomic E-state index is 12.8. The van der Waals surface area contributed by atoms with E-state index in [1.54, 1.807) is 0 Å². The predicted octanol–water partition coefficient (Wildman–Crippen LogP) is 21.0. The summed E-state index contributed by atoms with van der Waals surface area (Å²) in [6.07, 6.45) is 87.8. The molecule has 6 heteroatoms. The molecule has 0 aromatic carbocycles. The minimum absolute atomic E-state index is 0.109. The Morgan fingerprint density at radius 3 is 0.867 bits per heavy atom.